The maximum Gasteiger partial charge on any atom is 0.162 e. The third-order valence-corrected chi connectivity index (χ3v) is 5.87. The number of hydrogen-bond donors (Lipinski definition) is 0. The second kappa shape index (κ2) is 5.26. The molecule has 1 aromatic carbocycles. The van der Waals surface area contributed by atoms with Crippen LogP contribution in [0.2, 0.25) is 0 Å². The summed E-state index contributed by atoms with van der Waals surface area (Å²) in [4.78, 5) is 0.132. The standard InChI is InChI=1S/C14H16Br2O3/c1-14(3-2-4-19-14)13(16)9-7-11-12(8-10(9)15)18-6-5-17-11/h7-8,13H,2-6H2,1H3. The smallest absolute Gasteiger partial charge is 0.162 e. The van der Waals surface area contributed by atoms with Crippen LogP contribution in [0.3, 0.4) is 0 Å². The zero-order valence-corrected chi connectivity index (χ0v) is 13.9. The lowest BCUT2D eigenvalue weighted by molar-refractivity contribution is 0.0195. The minimum atomic E-state index is -0.160. The number of halogens is 2. The SMILES string of the molecule is CC1(C(Br)c2cc3c(cc2Br)OCCO3)CCCO1. The van der Waals surface area contributed by atoms with Crippen molar-refractivity contribution in [1.29, 1.82) is 0 Å². The summed E-state index contributed by atoms with van der Waals surface area (Å²) >= 11 is 7.42. The normalized spacial score (nSPS) is 27.3. The fraction of sp³-hybridized carbons (Fsp3) is 0.571. The molecule has 104 valence electrons. The number of alkyl halides is 1. The molecule has 0 N–H and O–H groups in total. The second-order valence-corrected chi connectivity index (χ2v) is 6.91. The van der Waals surface area contributed by atoms with E-state index in [1.54, 1.807) is 0 Å². The topological polar surface area (TPSA) is 27.7 Å². The largest absolute Gasteiger partial charge is 0.486 e. The third-order valence-electron chi connectivity index (χ3n) is 3.72. The van der Waals surface area contributed by atoms with Gasteiger partial charge in [-0.15, -0.1) is 0 Å². The molecule has 0 saturated carbocycles. The predicted molar refractivity (Wildman–Crippen MR) is 80.4 cm³/mol. The highest BCUT2D eigenvalue weighted by atomic mass is 79.9. The van der Waals surface area contributed by atoms with Gasteiger partial charge in [0.2, 0.25) is 0 Å². The van der Waals surface area contributed by atoms with Crippen LogP contribution in [0.15, 0.2) is 16.6 Å². The molecule has 3 rings (SSSR count). The van der Waals surface area contributed by atoms with E-state index in [9.17, 15) is 0 Å². The van der Waals surface area contributed by atoms with E-state index in [2.05, 4.69) is 38.8 Å². The molecular weight excluding hydrogens is 376 g/mol. The van der Waals surface area contributed by atoms with Crippen molar-refractivity contribution >= 4 is 31.9 Å². The zero-order chi connectivity index (χ0) is 13.5. The number of ether oxygens (including phenoxy) is 3. The average molecular weight is 392 g/mol. The van der Waals surface area contributed by atoms with Gasteiger partial charge in [-0.05, 0) is 37.5 Å². The molecule has 2 heterocycles. The van der Waals surface area contributed by atoms with Crippen molar-refractivity contribution in [2.24, 2.45) is 0 Å². The molecule has 1 saturated heterocycles. The monoisotopic (exact) mass is 390 g/mol. The van der Waals surface area contributed by atoms with E-state index in [-0.39, 0.29) is 10.4 Å². The molecule has 2 aliphatic rings. The van der Waals surface area contributed by atoms with Gasteiger partial charge in [0.15, 0.2) is 11.5 Å². The van der Waals surface area contributed by atoms with Crippen LogP contribution < -0.4 is 9.47 Å². The Morgan fingerprint density at radius 1 is 1.16 bits per heavy atom. The first-order valence-electron chi connectivity index (χ1n) is 6.47. The Morgan fingerprint density at radius 3 is 2.47 bits per heavy atom. The van der Waals surface area contributed by atoms with Crippen LogP contribution in [0.1, 0.15) is 30.2 Å². The van der Waals surface area contributed by atoms with E-state index < -0.39 is 0 Å². The molecule has 3 nitrogen and oxygen atoms in total. The van der Waals surface area contributed by atoms with E-state index in [4.69, 9.17) is 14.2 Å². The number of hydrogen-bond acceptors (Lipinski definition) is 3. The molecule has 5 heteroatoms. The van der Waals surface area contributed by atoms with Crippen molar-refractivity contribution in [3.63, 3.8) is 0 Å². The summed E-state index contributed by atoms with van der Waals surface area (Å²) in [6.45, 7) is 4.20. The molecule has 2 atom stereocenters. The quantitative estimate of drug-likeness (QED) is 0.706. The molecule has 19 heavy (non-hydrogen) atoms. The van der Waals surface area contributed by atoms with Crippen molar-refractivity contribution in [2.45, 2.75) is 30.2 Å². The molecule has 1 fully saturated rings. The summed E-state index contributed by atoms with van der Waals surface area (Å²) in [7, 11) is 0. The van der Waals surface area contributed by atoms with E-state index >= 15 is 0 Å². The lowest BCUT2D eigenvalue weighted by atomic mass is 9.93. The fourth-order valence-corrected chi connectivity index (χ4v) is 4.20. The van der Waals surface area contributed by atoms with E-state index in [1.165, 1.54) is 0 Å². The van der Waals surface area contributed by atoms with Crippen LogP contribution >= 0.6 is 31.9 Å². The van der Waals surface area contributed by atoms with Gasteiger partial charge in [-0.25, -0.2) is 0 Å². The van der Waals surface area contributed by atoms with Gasteiger partial charge in [0, 0.05) is 11.1 Å². The molecule has 2 aliphatic heterocycles. The van der Waals surface area contributed by atoms with Crippen molar-refractivity contribution in [3.05, 3.63) is 22.2 Å². The second-order valence-electron chi connectivity index (χ2n) is 5.14. The van der Waals surface area contributed by atoms with Crippen LogP contribution in [-0.2, 0) is 4.74 Å². The number of fused-ring (bicyclic) bond motifs is 1. The van der Waals surface area contributed by atoms with Crippen molar-refractivity contribution in [3.8, 4) is 11.5 Å². The van der Waals surface area contributed by atoms with Crippen LogP contribution in [0.5, 0.6) is 11.5 Å². The predicted octanol–water partition coefficient (Wildman–Crippen LogP) is 4.23. The highest BCUT2D eigenvalue weighted by Gasteiger charge is 2.39. The molecule has 0 radical (unpaired) electrons. The molecule has 1 aromatic rings. The lowest BCUT2D eigenvalue weighted by Gasteiger charge is -2.31. The first-order chi connectivity index (χ1) is 9.10. The minimum absolute atomic E-state index is 0.132. The first kappa shape index (κ1) is 13.7. The van der Waals surface area contributed by atoms with Crippen molar-refractivity contribution in [2.75, 3.05) is 19.8 Å². The number of benzene rings is 1. The van der Waals surface area contributed by atoms with E-state index in [0.717, 1.165) is 41.0 Å². The third kappa shape index (κ3) is 2.52. The van der Waals surface area contributed by atoms with Gasteiger partial charge in [0.25, 0.3) is 0 Å². The van der Waals surface area contributed by atoms with Gasteiger partial charge < -0.3 is 14.2 Å². The van der Waals surface area contributed by atoms with Gasteiger partial charge in [-0.2, -0.15) is 0 Å². The minimum Gasteiger partial charge on any atom is -0.486 e. The molecular formula is C14H16Br2O3. The molecule has 0 aliphatic carbocycles. The van der Waals surface area contributed by atoms with Gasteiger partial charge in [0.1, 0.15) is 13.2 Å². The van der Waals surface area contributed by atoms with Gasteiger partial charge in [-0.1, -0.05) is 31.9 Å². The molecule has 2 unspecified atom stereocenters. The van der Waals surface area contributed by atoms with Crippen molar-refractivity contribution in [1.82, 2.24) is 0 Å². The van der Waals surface area contributed by atoms with E-state index in [0.29, 0.717) is 13.2 Å². The van der Waals surface area contributed by atoms with Crippen molar-refractivity contribution < 1.29 is 14.2 Å². The summed E-state index contributed by atoms with van der Waals surface area (Å²) in [6.07, 6.45) is 2.17. The molecule has 0 bridgehead atoms. The first-order valence-corrected chi connectivity index (χ1v) is 8.18. The average Bonchev–Trinajstić information content (AvgIpc) is 2.85. The molecule has 0 spiro atoms. The lowest BCUT2D eigenvalue weighted by Crippen LogP contribution is -2.29. The Balaban J connectivity index is 1.95. The Bertz CT molecular complexity index is 484. The van der Waals surface area contributed by atoms with Gasteiger partial charge in [-0.3, -0.25) is 0 Å². The van der Waals surface area contributed by atoms with E-state index in [1.807, 2.05) is 12.1 Å². The molecule has 0 aromatic heterocycles. The Morgan fingerprint density at radius 2 is 1.84 bits per heavy atom. The van der Waals surface area contributed by atoms with Gasteiger partial charge >= 0.3 is 0 Å². The summed E-state index contributed by atoms with van der Waals surface area (Å²) in [5.41, 5.74) is 0.986. The Hall–Kier alpha value is -0.260. The fourth-order valence-electron chi connectivity index (χ4n) is 2.60. The Labute approximate surface area is 129 Å². The zero-order valence-electron chi connectivity index (χ0n) is 10.7. The van der Waals surface area contributed by atoms with Crippen LogP contribution in [0, 0.1) is 0 Å². The van der Waals surface area contributed by atoms with Crippen LogP contribution in [-0.4, -0.2) is 25.4 Å². The summed E-state index contributed by atoms with van der Waals surface area (Å²) in [5, 5.41) is 0. The maximum absolute atomic E-state index is 5.92. The molecule has 0 amide bonds. The highest BCUT2D eigenvalue weighted by molar-refractivity contribution is 9.11. The van der Waals surface area contributed by atoms with Gasteiger partial charge in [0.05, 0.1) is 10.4 Å². The number of rotatable bonds is 2. The Kier molecular flexibility index (Phi) is 3.80. The summed E-state index contributed by atoms with van der Waals surface area (Å²) < 4.78 is 18.2. The van der Waals surface area contributed by atoms with Crippen LogP contribution in [0.4, 0.5) is 0 Å². The highest BCUT2D eigenvalue weighted by Crippen LogP contribution is 2.48. The maximum atomic E-state index is 5.92. The summed E-state index contributed by atoms with van der Waals surface area (Å²) in [5.74, 6) is 1.62. The summed E-state index contributed by atoms with van der Waals surface area (Å²) in [6, 6.07) is 4.03. The van der Waals surface area contributed by atoms with Crippen LogP contribution in [0.25, 0.3) is 0 Å².